The summed E-state index contributed by atoms with van der Waals surface area (Å²) in [6.45, 7) is 1.04. The van der Waals surface area contributed by atoms with Crippen molar-refractivity contribution in [3.63, 3.8) is 0 Å². The maximum absolute atomic E-state index is 13.0. The van der Waals surface area contributed by atoms with Gasteiger partial charge >= 0.3 is 0 Å². The number of hydrogen-bond acceptors (Lipinski definition) is 4. The van der Waals surface area contributed by atoms with Crippen molar-refractivity contribution in [1.29, 1.82) is 0 Å². The molecule has 1 amide bonds. The fraction of sp³-hybridized carbons (Fsp3) is 0.174. The molecule has 1 saturated heterocycles. The van der Waals surface area contributed by atoms with Crippen molar-refractivity contribution in [2.75, 3.05) is 6.54 Å². The number of imidazole rings is 1. The fourth-order valence-electron chi connectivity index (χ4n) is 3.74. The third-order valence-corrected chi connectivity index (χ3v) is 6.22. The van der Waals surface area contributed by atoms with Gasteiger partial charge in [0.2, 0.25) is 0 Å². The second-order valence-corrected chi connectivity index (χ2v) is 9.04. The SMILES string of the molecule is O=C1C(=O)N(CCCn2ccnc2)[C@@H](c2cccc(Br)c2)/C1=C(\O)c1ccc(Br)cc1. The van der Waals surface area contributed by atoms with Gasteiger partial charge < -0.3 is 14.6 Å². The van der Waals surface area contributed by atoms with Crippen LogP contribution in [0.2, 0.25) is 0 Å². The second-order valence-electron chi connectivity index (χ2n) is 7.21. The van der Waals surface area contributed by atoms with Gasteiger partial charge in [0.15, 0.2) is 0 Å². The number of carbonyl (C=O) groups excluding carboxylic acids is 2. The van der Waals surface area contributed by atoms with Gasteiger partial charge in [0.25, 0.3) is 11.7 Å². The lowest BCUT2D eigenvalue weighted by Crippen LogP contribution is -2.31. The fourth-order valence-corrected chi connectivity index (χ4v) is 4.42. The highest BCUT2D eigenvalue weighted by molar-refractivity contribution is 9.10. The van der Waals surface area contributed by atoms with Crippen LogP contribution in [0.3, 0.4) is 0 Å². The number of benzene rings is 2. The first-order valence-corrected chi connectivity index (χ1v) is 11.3. The highest BCUT2D eigenvalue weighted by Gasteiger charge is 2.45. The molecule has 2 aromatic carbocycles. The lowest BCUT2D eigenvalue weighted by atomic mass is 9.95. The summed E-state index contributed by atoms with van der Waals surface area (Å²) < 4.78 is 3.61. The molecule has 0 bridgehead atoms. The average molecular weight is 545 g/mol. The number of rotatable bonds is 6. The molecule has 0 unspecified atom stereocenters. The van der Waals surface area contributed by atoms with Crippen LogP contribution in [0, 0.1) is 0 Å². The van der Waals surface area contributed by atoms with Gasteiger partial charge in [-0.25, -0.2) is 4.98 Å². The topological polar surface area (TPSA) is 75.4 Å². The number of carbonyl (C=O) groups is 2. The van der Waals surface area contributed by atoms with Gasteiger partial charge in [0, 0.05) is 40.0 Å². The average Bonchev–Trinajstić information content (AvgIpc) is 3.36. The van der Waals surface area contributed by atoms with Crippen molar-refractivity contribution in [3.05, 3.63) is 92.9 Å². The number of aryl methyl sites for hydroxylation is 1. The van der Waals surface area contributed by atoms with Gasteiger partial charge in [-0.1, -0.05) is 56.1 Å². The van der Waals surface area contributed by atoms with Crippen LogP contribution in [0.1, 0.15) is 23.6 Å². The first-order valence-electron chi connectivity index (χ1n) is 9.71. The standard InChI is InChI=1S/C23H19Br2N3O3/c24-17-7-5-15(6-8-17)21(29)19-20(16-3-1-4-18(25)13-16)28(23(31)22(19)30)11-2-10-27-12-9-26-14-27/h1,3-9,12-14,20,29H,2,10-11H2/b21-19+/t20-/m0/s1. The maximum Gasteiger partial charge on any atom is 0.295 e. The highest BCUT2D eigenvalue weighted by atomic mass is 79.9. The van der Waals surface area contributed by atoms with E-state index in [-0.39, 0.29) is 11.3 Å². The van der Waals surface area contributed by atoms with Crippen molar-refractivity contribution in [3.8, 4) is 0 Å². The molecule has 1 aromatic heterocycles. The lowest BCUT2D eigenvalue weighted by molar-refractivity contribution is -0.139. The molecule has 1 atom stereocenters. The normalized spacial score (nSPS) is 18.0. The van der Waals surface area contributed by atoms with Crippen molar-refractivity contribution in [2.45, 2.75) is 19.0 Å². The molecule has 8 heteroatoms. The molecule has 4 rings (SSSR count). The lowest BCUT2D eigenvalue weighted by Gasteiger charge is -2.25. The predicted octanol–water partition coefficient (Wildman–Crippen LogP) is 4.92. The number of hydrogen-bond donors (Lipinski definition) is 1. The van der Waals surface area contributed by atoms with Crippen LogP contribution >= 0.6 is 31.9 Å². The first kappa shape index (κ1) is 21.5. The number of Topliss-reactive ketones (excluding diaryl/α,β-unsaturated/α-hetero) is 1. The molecule has 2 heterocycles. The highest BCUT2D eigenvalue weighted by Crippen LogP contribution is 2.40. The minimum absolute atomic E-state index is 0.105. The van der Waals surface area contributed by atoms with Crippen LogP contribution < -0.4 is 0 Å². The Balaban J connectivity index is 1.73. The molecule has 1 fully saturated rings. The van der Waals surface area contributed by atoms with Crippen LogP contribution in [0.4, 0.5) is 0 Å². The molecule has 0 spiro atoms. The summed E-state index contributed by atoms with van der Waals surface area (Å²) in [5.74, 6) is -1.45. The van der Waals surface area contributed by atoms with E-state index in [4.69, 9.17) is 0 Å². The Hall–Kier alpha value is -2.71. The number of aromatic nitrogens is 2. The van der Waals surface area contributed by atoms with E-state index in [9.17, 15) is 14.7 Å². The molecule has 0 saturated carbocycles. The Kier molecular flexibility index (Phi) is 6.38. The van der Waals surface area contributed by atoms with E-state index in [2.05, 4.69) is 36.8 Å². The Morgan fingerprint density at radius 3 is 2.48 bits per heavy atom. The zero-order valence-electron chi connectivity index (χ0n) is 16.4. The predicted molar refractivity (Wildman–Crippen MR) is 124 cm³/mol. The summed E-state index contributed by atoms with van der Waals surface area (Å²) in [7, 11) is 0. The van der Waals surface area contributed by atoms with Crippen molar-refractivity contribution >= 4 is 49.3 Å². The molecule has 0 radical (unpaired) electrons. The zero-order valence-corrected chi connectivity index (χ0v) is 19.6. The van der Waals surface area contributed by atoms with Gasteiger partial charge in [-0.05, 0) is 36.2 Å². The molecule has 1 N–H and O–H groups in total. The summed E-state index contributed by atoms with van der Waals surface area (Å²) >= 11 is 6.84. The van der Waals surface area contributed by atoms with E-state index in [1.807, 2.05) is 35.0 Å². The largest absolute Gasteiger partial charge is 0.507 e. The summed E-state index contributed by atoms with van der Waals surface area (Å²) in [5.41, 5.74) is 1.35. The van der Waals surface area contributed by atoms with Gasteiger partial charge in [-0.2, -0.15) is 0 Å². The van der Waals surface area contributed by atoms with Crippen LogP contribution in [0.5, 0.6) is 0 Å². The van der Waals surface area contributed by atoms with Gasteiger partial charge in [0.1, 0.15) is 5.76 Å². The van der Waals surface area contributed by atoms with Gasteiger partial charge in [-0.15, -0.1) is 0 Å². The first-order chi connectivity index (χ1) is 15.0. The van der Waals surface area contributed by atoms with E-state index >= 15 is 0 Å². The van der Waals surface area contributed by atoms with E-state index in [0.29, 0.717) is 25.1 Å². The molecule has 3 aromatic rings. The third kappa shape index (κ3) is 4.50. The summed E-state index contributed by atoms with van der Waals surface area (Å²) in [4.78, 5) is 31.5. The van der Waals surface area contributed by atoms with Crippen LogP contribution in [-0.2, 0) is 16.1 Å². The van der Waals surface area contributed by atoms with E-state index in [1.54, 1.807) is 41.7 Å². The van der Waals surface area contributed by atoms with Gasteiger partial charge in [0.05, 0.1) is 17.9 Å². The maximum atomic E-state index is 13.0. The smallest absolute Gasteiger partial charge is 0.295 e. The Labute approximate surface area is 196 Å². The van der Waals surface area contributed by atoms with Crippen LogP contribution in [0.25, 0.3) is 5.76 Å². The second kappa shape index (κ2) is 9.20. The minimum atomic E-state index is -0.673. The van der Waals surface area contributed by atoms with E-state index in [0.717, 1.165) is 14.5 Å². The molecule has 0 aliphatic carbocycles. The quantitative estimate of drug-likeness (QED) is 0.271. The van der Waals surface area contributed by atoms with Crippen molar-refractivity contribution < 1.29 is 14.7 Å². The molecular weight excluding hydrogens is 526 g/mol. The number of amides is 1. The minimum Gasteiger partial charge on any atom is -0.507 e. The number of halogens is 2. The molecule has 31 heavy (non-hydrogen) atoms. The van der Waals surface area contributed by atoms with Crippen molar-refractivity contribution in [2.24, 2.45) is 0 Å². The Bertz CT molecular complexity index is 1140. The summed E-state index contributed by atoms with van der Waals surface area (Å²) in [6.07, 6.45) is 5.92. The number of nitrogens with zero attached hydrogens (tertiary/aromatic N) is 3. The monoisotopic (exact) mass is 543 g/mol. The summed E-state index contributed by atoms with van der Waals surface area (Å²) in [6, 6.07) is 13.8. The molecule has 1 aliphatic heterocycles. The number of aliphatic hydroxyl groups is 1. The Morgan fingerprint density at radius 1 is 1.03 bits per heavy atom. The van der Waals surface area contributed by atoms with E-state index < -0.39 is 17.7 Å². The summed E-state index contributed by atoms with van der Waals surface area (Å²) in [5, 5.41) is 11.0. The van der Waals surface area contributed by atoms with Crippen LogP contribution in [0.15, 0.2) is 81.8 Å². The number of aliphatic hydroxyl groups excluding tert-OH is 1. The Morgan fingerprint density at radius 2 is 1.81 bits per heavy atom. The molecule has 1 aliphatic rings. The number of likely N-dealkylation sites (tertiary alicyclic amines) is 1. The van der Waals surface area contributed by atoms with E-state index in [1.165, 1.54) is 0 Å². The zero-order chi connectivity index (χ0) is 22.0. The molecule has 6 nitrogen and oxygen atoms in total. The van der Waals surface area contributed by atoms with Crippen molar-refractivity contribution in [1.82, 2.24) is 14.5 Å². The molecular formula is C23H19Br2N3O3. The van der Waals surface area contributed by atoms with Crippen LogP contribution in [-0.4, -0.2) is 37.8 Å². The number of ketones is 1. The molecule has 158 valence electrons. The third-order valence-electron chi connectivity index (χ3n) is 5.20. The van der Waals surface area contributed by atoms with Gasteiger partial charge in [-0.3, -0.25) is 9.59 Å².